The van der Waals surface area contributed by atoms with Crippen molar-refractivity contribution >= 4 is 33.1 Å². The van der Waals surface area contributed by atoms with Crippen molar-refractivity contribution in [3.63, 3.8) is 0 Å². The van der Waals surface area contributed by atoms with Crippen LogP contribution in [-0.4, -0.2) is 15.5 Å². The maximum absolute atomic E-state index is 13.5. The van der Waals surface area contributed by atoms with Crippen molar-refractivity contribution in [2.45, 2.75) is 13.8 Å². The third kappa shape index (κ3) is 4.48. The normalized spacial score (nSPS) is 11.4. The summed E-state index contributed by atoms with van der Waals surface area (Å²) in [5.74, 6) is 0.266. The molecule has 0 bridgehead atoms. The highest BCUT2D eigenvalue weighted by atomic mass is 79.9. The Morgan fingerprint density at radius 2 is 1.75 bits per heavy atom. The van der Waals surface area contributed by atoms with E-state index in [1.807, 2.05) is 85.8 Å². The molecule has 0 saturated heterocycles. The van der Waals surface area contributed by atoms with Crippen molar-refractivity contribution in [2.75, 3.05) is 11.2 Å². The first-order valence-electron chi connectivity index (χ1n) is 10.1. The van der Waals surface area contributed by atoms with Gasteiger partial charge in [0.15, 0.2) is 5.69 Å². The van der Waals surface area contributed by atoms with Crippen LogP contribution in [-0.2, 0) is 0 Å². The zero-order valence-corrected chi connectivity index (χ0v) is 19.3. The van der Waals surface area contributed by atoms with Crippen LogP contribution in [0, 0.1) is 6.92 Å². The molecule has 4 rings (SSSR count). The highest BCUT2D eigenvalue weighted by molar-refractivity contribution is 9.10. The molecule has 0 atom stereocenters. The summed E-state index contributed by atoms with van der Waals surface area (Å²) in [5.41, 5.74) is 13.7. The Balaban J connectivity index is 1.88. The zero-order valence-electron chi connectivity index (χ0n) is 17.7. The molecule has 0 aliphatic heterocycles. The second-order valence-electron chi connectivity index (χ2n) is 7.37. The molecule has 0 amide bonds. The SMILES string of the molecule is C/C(=N/Nc1ccc(C)cc1)c1nn(-c2cccc(Br)c2)c(N)c(-c2ccccc2)c1=O. The van der Waals surface area contributed by atoms with Gasteiger partial charge in [-0.15, -0.1) is 0 Å². The van der Waals surface area contributed by atoms with Gasteiger partial charge in [0.1, 0.15) is 5.82 Å². The lowest BCUT2D eigenvalue weighted by atomic mass is 10.0. The van der Waals surface area contributed by atoms with Crippen molar-refractivity contribution in [2.24, 2.45) is 5.10 Å². The number of rotatable bonds is 5. The molecule has 0 spiro atoms. The van der Waals surface area contributed by atoms with Crippen LogP contribution in [0.2, 0.25) is 0 Å². The maximum atomic E-state index is 13.5. The van der Waals surface area contributed by atoms with Gasteiger partial charge in [0.2, 0.25) is 5.43 Å². The first-order chi connectivity index (χ1) is 15.4. The summed E-state index contributed by atoms with van der Waals surface area (Å²) in [5, 5.41) is 9.00. The zero-order chi connectivity index (χ0) is 22.7. The van der Waals surface area contributed by atoms with Crippen LogP contribution in [0.1, 0.15) is 18.2 Å². The number of halogens is 1. The molecule has 160 valence electrons. The number of hydrogen-bond acceptors (Lipinski definition) is 5. The second kappa shape index (κ2) is 9.20. The fourth-order valence-corrected chi connectivity index (χ4v) is 3.68. The third-order valence-electron chi connectivity index (χ3n) is 4.99. The minimum absolute atomic E-state index is 0.220. The monoisotopic (exact) mass is 487 g/mol. The van der Waals surface area contributed by atoms with E-state index in [0.717, 1.165) is 27.0 Å². The van der Waals surface area contributed by atoms with E-state index in [0.29, 0.717) is 11.3 Å². The minimum Gasteiger partial charge on any atom is -0.383 e. The summed E-state index contributed by atoms with van der Waals surface area (Å²) < 4.78 is 2.46. The van der Waals surface area contributed by atoms with Gasteiger partial charge in [0, 0.05) is 4.47 Å². The van der Waals surface area contributed by atoms with Crippen LogP contribution >= 0.6 is 15.9 Å². The average molecular weight is 488 g/mol. The van der Waals surface area contributed by atoms with Gasteiger partial charge >= 0.3 is 0 Å². The third-order valence-corrected chi connectivity index (χ3v) is 5.48. The van der Waals surface area contributed by atoms with E-state index >= 15 is 0 Å². The van der Waals surface area contributed by atoms with Crippen molar-refractivity contribution in [1.29, 1.82) is 0 Å². The van der Waals surface area contributed by atoms with Crippen LogP contribution < -0.4 is 16.6 Å². The van der Waals surface area contributed by atoms with Crippen LogP contribution in [0.3, 0.4) is 0 Å². The van der Waals surface area contributed by atoms with Crippen LogP contribution in [0.25, 0.3) is 16.8 Å². The number of aromatic nitrogens is 2. The quantitative estimate of drug-likeness (QED) is 0.292. The Hall–Kier alpha value is -3.71. The number of anilines is 2. The minimum atomic E-state index is -0.271. The van der Waals surface area contributed by atoms with Gasteiger partial charge in [-0.2, -0.15) is 10.2 Å². The maximum Gasteiger partial charge on any atom is 0.219 e. The van der Waals surface area contributed by atoms with E-state index in [9.17, 15) is 4.79 Å². The lowest BCUT2D eigenvalue weighted by Gasteiger charge is -2.15. The van der Waals surface area contributed by atoms with E-state index in [1.54, 1.807) is 11.6 Å². The molecule has 0 radical (unpaired) electrons. The molecule has 3 N–H and O–H groups in total. The highest BCUT2D eigenvalue weighted by Crippen LogP contribution is 2.25. The summed E-state index contributed by atoms with van der Waals surface area (Å²) >= 11 is 3.49. The number of aryl methyl sites for hydroxylation is 1. The molecule has 0 aliphatic rings. The van der Waals surface area contributed by atoms with Crippen molar-refractivity contribution < 1.29 is 0 Å². The number of nitrogens with one attached hydrogen (secondary N) is 1. The molecule has 4 aromatic rings. The van der Waals surface area contributed by atoms with Gasteiger partial charge in [0.05, 0.1) is 22.6 Å². The largest absolute Gasteiger partial charge is 0.383 e. The molecule has 1 aromatic heterocycles. The molecule has 7 heteroatoms. The Labute approximate surface area is 194 Å². The summed E-state index contributed by atoms with van der Waals surface area (Å²) in [6, 6.07) is 24.8. The predicted molar refractivity (Wildman–Crippen MR) is 134 cm³/mol. The van der Waals surface area contributed by atoms with Gasteiger partial charge in [-0.3, -0.25) is 10.2 Å². The fourth-order valence-electron chi connectivity index (χ4n) is 3.29. The molecule has 32 heavy (non-hydrogen) atoms. The molecule has 6 nitrogen and oxygen atoms in total. The van der Waals surface area contributed by atoms with Gasteiger partial charge in [0.25, 0.3) is 0 Å². The van der Waals surface area contributed by atoms with Crippen molar-refractivity contribution in [1.82, 2.24) is 9.78 Å². The lowest BCUT2D eigenvalue weighted by Crippen LogP contribution is -2.26. The number of hydrazone groups is 1. The Bertz CT molecular complexity index is 1350. The number of nitrogens with zero attached hydrogens (tertiary/aromatic N) is 3. The van der Waals surface area contributed by atoms with Gasteiger partial charge < -0.3 is 5.73 Å². The second-order valence-corrected chi connectivity index (χ2v) is 8.29. The number of nitrogen functional groups attached to an aromatic ring is 1. The molecule has 0 unspecified atom stereocenters. The molecule has 1 heterocycles. The number of nitrogens with two attached hydrogens (primary N) is 1. The summed E-state index contributed by atoms with van der Waals surface area (Å²) in [7, 11) is 0. The smallest absolute Gasteiger partial charge is 0.219 e. The van der Waals surface area contributed by atoms with Crippen LogP contribution in [0.15, 0.2) is 93.2 Å². The molecule has 0 fully saturated rings. The Morgan fingerprint density at radius 1 is 1.03 bits per heavy atom. The summed E-state index contributed by atoms with van der Waals surface area (Å²) in [6.45, 7) is 3.77. The van der Waals surface area contributed by atoms with Crippen molar-refractivity contribution in [3.05, 3.63) is 105 Å². The highest BCUT2D eigenvalue weighted by Gasteiger charge is 2.19. The topological polar surface area (TPSA) is 85.3 Å². The average Bonchev–Trinajstić information content (AvgIpc) is 2.79. The van der Waals surface area contributed by atoms with E-state index in [2.05, 4.69) is 31.6 Å². The Morgan fingerprint density at radius 3 is 2.44 bits per heavy atom. The van der Waals surface area contributed by atoms with Crippen LogP contribution in [0.4, 0.5) is 11.5 Å². The molecule has 0 saturated carbocycles. The van der Waals surface area contributed by atoms with Crippen molar-refractivity contribution in [3.8, 4) is 16.8 Å². The lowest BCUT2D eigenvalue weighted by molar-refractivity contribution is 0.842. The summed E-state index contributed by atoms with van der Waals surface area (Å²) in [4.78, 5) is 13.5. The first kappa shape index (κ1) is 21.5. The van der Waals surface area contributed by atoms with Gasteiger partial charge in [-0.1, -0.05) is 70.0 Å². The molecular weight excluding hydrogens is 466 g/mol. The summed E-state index contributed by atoms with van der Waals surface area (Å²) in [6.07, 6.45) is 0. The first-order valence-corrected chi connectivity index (χ1v) is 10.8. The van der Waals surface area contributed by atoms with E-state index in [4.69, 9.17) is 5.73 Å². The van der Waals surface area contributed by atoms with Gasteiger partial charge in [-0.25, -0.2) is 4.68 Å². The number of hydrogen-bond donors (Lipinski definition) is 2. The van der Waals surface area contributed by atoms with E-state index < -0.39 is 0 Å². The predicted octanol–water partition coefficient (Wildman–Crippen LogP) is 5.39. The van der Waals surface area contributed by atoms with Crippen LogP contribution in [0.5, 0.6) is 0 Å². The van der Waals surface area contributed by atoms with Gasteiger partial charge in [-0.05, 0) is 49.7 Å². The van der Waals surface area contributed by atoms with E-state index in [1.165, 1.54) is 0 Å². The fraction of sp³-hybridized carbons (Fsp3) is 0.0800. The number of benzene rings is 3. The Kier molecular flexibility index (Phi) is 6.18. The standard InChI is InChI=1S/C25H22BrN5O/c1-16-11-13-20(14-12-16)29-28-17(2)23-24(32)22(18-7-4-3-5-8-18)25(27)31(30-23)21-10-6-9-19(26)15-21/h3-15,29H,27H2,1-2H3/b28-17-. The molecule has 0 aliphatic carbocycles. The van der Waals surface area contributed by atoms with E-state index in [-0.39, 0.29) is 16.9 Å². The molecule has 3 aromatic carbocycles. The molecular formula is C25H22BrN5O.